The number of carbonyl (C=O) groups is 1. The van der Waals surface area contributed by atoms with E-state index in [0.29, 0.717) is 13.1 Å². The minimum atomic E-state index is -0.486. The van der Waals surface area contributed by atoms with Crippen molar-refractivity contribution in [3.8, 4) is 0 Å². The standard InChI is InChI=1S/C16H24N2O2/c1-12-6-5-7-13(10-12)16(11-17)8-9-18(16)14(19)20-15(2,3)4/h5-7,10H,8-9,11,17H2,1-4H3. The lowest BCUT2D eigenvalue weighted by atomic mass is 9.78. The third kappa shape index (κ3) is 2.66. The van der Waals surface area contributed by atoms with Crippen LogP contribution in [0.15, 0.2) is 24.3 Å². The first kappa shape index (κ1) is 14.9. The van der Waals surface area contributed by atoms with Crippen LogP contribution in [0.1, 0.15) is 38.3 Å². The SMILES string of the molecule is Cc1cccc(C2(CN)CCN2C(=O)OC(C)(C)C)c1. The van der Waals surface area contributed by atoms with Gasteiger partial charge in [-0.15, -0.1) is 0 Å². The zero-order valence-corrected chi connectivity index (χ0v) is 12.8. The van der Waals surface area contributed by atoms with Crippen LogP contribution < -0.4 is 5.73 Å². The van der Waals surface area contributed by atoms with E-state index in [9.17, 15) is 4.79 Å². The molecule has 20 heavy (non-hydrogen) atoms. The predicted molar refractivity (Wildman–Crippen MR) is 79.5 cm³/mol. The van der Waals surface area contributed by atoms with Gasteiger partial charge >= 0.3 is 6.09 Å². The number of aryl methyl sites for hydroxylation is 1. The van der Waals surface area contributed by atoms with Crippen molar-refractivity contribution in [2.75, 3.05) is 13.1 Å². The van der Waals surface area contributed by atoms with Crippen molar-refractivity contribution in [2.45, 2.75) is 45.3 Å². The lowest BCUT2D eigenvalue weighted by Crippen LogP contribution is -2.64. The van der Waals surface area contributed by atoms with Gasteiger partial charge in [0.1, 0.15) is 5.60 Å². The highest BCUT2D eigenvalue weighted by Crippen LogP contribution is 2.40. The minimum Gasteiger partial charge on any atom is -0.444 e. The predicted octanol–water partition coefficient (Wildman–Crippen LogP) is 2.79. The zero-order valence-electron chi connectivity index (χ0n) is 12.8. The molecule has 1 unspecified atom stereocenters. The molecule has 1 amide bonds. The number of rotatable bonds is 2. The molecule has 1 fully saturated rings. The second kappa shape index (κ2) is 5.09. The quantitative estimate of drug-likeness (QED) is 0.903. The highest BCUT2D eigenvalue weighted by atomic mass is 16.6. The van der Waals surface area contributed by atoms with E-state index in [2.05, 4.69) is 6.07 Å². The summed E-state index contributed by atoms with van der Waals surface area (Å²) in [5.41, 5.74) is 7.37. The lowest BCUT2D eigenvalue weighted by Gasteiger charge is -2.52. The van der Waals surface area contributed by atoms with Crippen molar-refractivity contribution in [3.63, 3.8) is 0 Å². The molecule has 110 valence electrons. The first-order valence-corrected chi connectivity index (χ1v) is 7.06. The normalized spacial score (nSPS) is 22.4. The van der Waals surface area contributed by atoms with Gasteiger partial charge in [0, 0.05) is 13.1 Å². The molecule has 1 aliphatic heterocycles. The van der Waals surface area contributed by atoms with Crippen molar-refractivity contribution < 1.29 is 9.53 Å². The number of nitrogens with two attached hydrogens (primary N) is 1. The first-order chi connectivity index (χ1) is 9.28. The van der Waals surface area contributed by atoms with Gasteiger partial charge in [0.15, 0.2) is 0 Å². The van der Waals surface area contributed by atoms with E-state index in [0.717, 1.165) is 12.0 Å². The topological polar surface area (TPSA) is 55.6 Å². The molecule has 4 heteroatoms. The maximum absolute atomic E-state index is 12.3. The highest BCUT2D eigenvalue weighted by molar-refractivity contribution is 5.71. The molecule has 1 aliphatic rings. The molecular weight excluding hydrogens is 252 g/mol. The molecule has 1 aromatic carbocycles. The summed E-state index contributed by atoms with van der Waals surface area (Å²) in [6.07, 6.45) is 0.599. The first-order valence-electron chi connectivity index (χ1n) is 7.06. The summed E-state index contributed by atoms with van der Waals surface area (Å²) < 4.78 is 5.48. The summed E-state index contributed by atoms with van der Waals surface area (Å²) in [7, 11) is 0. The molecule has 4 nitrogen and oxygen atoms in total. The van der Waals surface area contributed by atoms with Crippen molar-refractivity contribution in [1.29, 1.82) is 0 Å². The maximum Gasteiger partial charge on any atom is 0.411 e. The Morgan fingerprint density at radius 1 is 1.45 bits per heavy atom. The van der Waals surface area contributed by atoms with Crippen LogP contribution >= 0.6 is 0 Å². The molecule has 1 atom stereocenters. The van der Waals surface area contributed by atoms with Crippen LogP contribution in [0.3, 0.4) is 0 Å². The highest BCUT2D eigenvalue weighted by Gasteiger charge is 2.49. The molecule has 0 bridgehead atoms. The molecule has 2 rings (SSSR count). The second-order valence-electron chi connectivity index (χ2n) is 6.49. The number of nitrogens with zero attached hydrogens (tertiary/aromatic N) is 1. The smallest absolute Gasteiger partial charge is 0.411 e. The van der Waals surface area contributed by atoms with Crippen molar-refractivity contribution in [2.24, 2.45) is 5.73 Å². The van der Waals surface area contributed by atoms with E-state index < -0.39 is 11.1 Å². The fraction of sp³-hybridized carbons (Fsp3) is 0.562. The van der Waals surface area contributed by atoms with Crippen LogP contribution in [-0.2, 0) is 10.3 Å². The summed E-state index contributed by atoms with van der Waals surface area (Å²) in [6, 6.07) is 8.19. The lowest BCUT2D eigenvalue weighted by molar-refractivity contribution is -0.0440. The second-order valence-corrected chi connectivity index (χ2v) is 6.49. The summed E-state index contributed by atoms with van der Waals surface area (Å²) in [5.74, 6) is 0. The average Bonchev–Trinajstić information content (AvgIpc) is 2.26. The van der Waals surface area contributed by atoms with Gasteiger partial charge < -0.3 is 10.5 Å². The molecule has 0 aliphatic carbocycles. The van der Waals surface area contributed by atoms with Crippen LogP contribution in [0.4, 0.5) is 4.79 Å². The van der Waals surface area contributed by atoms with Gasteiger partial charge in [0.05, 0.1) is 5.54 Å². The Morgan fingerprint density at radius 2 is 2.15 bits per heavy atom. The van der Waals surface area contributed by atoms with Crippen LogP contribution in [0.2, 0.25) is 0 Å². The molecule has 2 N–H and O–H groups in total. The Labute approximate surface area is 120 Å². The molecule has 0 saturated carbocycles. The maximum atomic E-state index is 12.3. The van der Waals surface area contributed by atoms with Gasteiger partial charge in [0.25, 0.3) is 0 Å². The Morgan fingerprint density at radius 3 is 2.60 bits per heavy atom. The van der Waals surface area contributed by atoms with Gasteiger partial charge in [0.2, 0.25) is 0 Å². The van der Waals surface area contributed by atoms with Crippen molar-refractivity contribution >= 4 is 6.09 Å². The fourth-order valence-corrected chi connectivity index (χ4v) is 2.64. The summed E-state index contributed by atoms with van der Waals surface area (Å²) in [4.78, 5) is 14.1. The number of ether oxygens (including phenoxy) is 1. The van der Waals surface area contributed by atoms with E-state index in [1.54, 1.807) is 4.90 Å². The molecule has 1 saturated heterocycles. The van der Waals surface area contributed by atoms with E-state index in [-0.39, 0.29) is 6.09 Å². The van der Waals surface area contributed by atoms with Crippen LogP contribution in [0.5, 0.6) is 0 Å². The van der Waals surface area contributed by atoms with Gasteiger partial charge in [-0.2, -0.15) is 0 Å². The average molecular weight is 276 g/mol. The summed E-state index contributed by atoms with van der Waals surface area (Å²) in [5, 5.41) is 0. The van der Waals surface area contributed by atoms with Crippen molar-refractivity contribution in [3.05, 3.63) is 35.4 Å². The van der Waals surface area contributed by atoms with Crippen molar-refractivity contribution in [1.82, 2.24) is 4.90 Å². The van der Waals surface area contributed by atoms with E-state index >= 15 is 0 Å². The Bertz CT molecular complexity index is 503. The van der Waals surface area contributed by atoms with Crippen LogP contribution in [0.25, 0.3) is 0 Å². The summed E-state index contributed by atoms with van der Waals surface area (Å²) >= 11 is 0. The molecule has 0 radical (unpaired) electrons. The number of hydrogen-bond donors (Lipinski definition) is 1. The minimum absolute atomic E-state index is 0.282. The number of carbonyl (C=O) groups excluding carboxylic acids is 1. The van der Waals surface area contributed by atoms with Gasteiger partial charge in [-0.1, -0.05) is 29.8 Å². The number of likely N-dealkylation sites (tertiary alicyclic amines) is 1. The largest absolute Gasteiger partial charge is 0.444 e. The molecule has 0 spiro atoms. The van der Waals surface area contributed by atoms with E-state index in [4.69, 9.17) is 10.5 Å². The Balaban J connectivity index is 2.26. The van der Waals surface area contributed by atoms with Crippen LogP contribution in [0, 0.1) is 6.92 Å². The number of benzene rings is 1. The van der Waals surface area contributed by atoms with Gasteiger partial charge in [-0.05, 0) is 39.7 Å². The molecule has 1 aromatic rings. The van der Waals surface area contributed by atoms with E-state index in [1.807, 2.05) is 45.9 Å². The molecule has 1 heterocycles. The molecular formula is C16H24N2O2. The van der Waals surface area contributed by atoms with Gasteiger partial charge in [-0.3, -0.25) is 4.90 Å². The zero-order chi connectivity index (χ0) is 15.0. The third-order valence-electron chi connectivity index (χ3n) is 3.77. The Hall–Kier alpha value is -1.55. The summed E-state index contributed by atoms with van der Waals surface area (Å²) in [6.45, 7) is 8.78. The monoisotopic (exact) mass is 276 g/mol. The van der Waals surface area contributed by atoms with E-state index in [1.165, 1.54) is 5.56 Å². The molecule has 0 aromatic heterocycles. The van der Waals surface area contributed by atoms with Gasteiger partial charge in [-0.25, -0.2) is 4.79 Å². The number of amides is 1. The Kier molecular flexibility index (Phi) is 3.78. The fourth-order valence-electron chi connectivity index (χ4n) is 2.64. The number of hydrogen-bond acceptors (Lipinski definition) is 3. The third-order valence-corrected chi connectivity index (χ3v) is 3.77. The van der Waals surface area contributed by atoms with Crippen LogP contribution in [-0.4, -0.2) is 29.7 Å².